The number of Topliss-reactive ketones (excluding diaryl/α,β-unsaturated/α-hetero) is 1. The lowest BCUT2D eigenvalue weighted by atomic mass is 10.1. The number of carbonyl (C=O) groups excluding carboxylic acids is 1. The quantitative estimate of drug-likeness (QED) is 0.788. The second-order valence-corrected chi connectivity index (χ2v) is 5.13. The molecule has 0 aliphatic rings. The second-order valence-electron chi connectivity index (χ2n) is 4.69. The van der Waals surface area contributed by atoms with Crippen molar-refractivity contribution in [2.24, 2.45) is 0 Å². The molecule has 0 N–H and O–H groups in total. The SMILES string of the molecule is CC(=O)c1cc(Cl)ccc1OCc1noc(C(C)C)n1. The van der Waals surface area contributed by atoms with Crippen LogP contribution >= 0.6 is 11.6 Å². The summed E-state index contributed by atoms with van der Waals surface area (Å²) in [4.78, 5) is 15.7. The molecular weight excluding hydrogens is 280 g/mol. The van der Waals surface area contributed by atoms with Crippen LogP contribution in [0.1, 0.15) is 48.8 Å². The lowest BCUT2D eigenvalue weighted by molar-refractivity contribution is 0.101. The number of benzene rings is 1. The highest BCUT2D eigenvalue weighted by molar-refractivity contribution is 6.31. The highest BCUT2D eigenvalue weighted by atomic mass is 35.5. The van der Waals surface area contributed by atoms with E-state index in [4.69, 9.17) is 20.9 Å². The molecule has 1 aromatic heterocycles. The minimum absolute atomic E-state index is 0.113. The van der Waals surface area contributed by atoms with Crippen LogP contribution in [0.5, 0.6) is 5.75 Å². The van der Waals surface area contributed by atoms with Crippen LogP contribution in [0.15, 0.2) is 22.7 Å². The molecular formula is C14H15ClN2O3. The van der Waals surface area contributed by atoms with Gasteiger partial charge in [-0.05, 0) is 25.1 Å². The number of hydrogen-bond acceptors (Lipinski definition) is 5. The first-order valence-corrected chi connectivity index (χ1v) is 6.61. The van der Waals surface area contributed by atoms with E-state index in [0.717, 1.165) is 0 Å². The minimum atomic E-state index is -0.113. The zero-order valence-electron chi connectivity index (χ0n) is 11.5. The van der Waals surface area contributed by atoms with Gasteiger partial charge in [-0.2, -0.15) is 4.98 Å². The molecule has 5 nitrogen and oxygen atoms in total. The molecule has 20 heavy (non-hydrogen) atoms. The first kappa shape index (κ1) is 14.5. The molecule has 0 saturated carbocycles. The molecule has 2 rings (SSSR count). The molecule has 0 unspecified atom stereocenters. The third-order valence-electron chi connectivity index (χ3n) is 2.66. The first-order chi connectivity index (χ1) is 9.47. The van der Waals surface area contributed by atoms with Crippen LogP contribution in [0.25, 0.3) is 0 Å². The molecule has 0 atom stereocenters. The Bertz CT molecular complexity index is 623. The maximum Gasteiger partial charge on any atom is 0.229 e. The Hall–Kier alpha value is -1.88. The Morgan fingerprint density at radius 3 is 2.80 bits per heavy atom. The van der Waals surface area contributed by atoms with Crippen LogP contribution in [-0.2, 0) is 6.61 Å². The molecule has 0 fully saturated rings. The van der Waals surface area contributed by atoms with Crippen molar-refractivity contribution in [1.82, 2.24) is 10.1 Å². The van der Waals surface area contributed by atoms with E-state index in [9.17, 15) is 4.79 Å². The summed E-state index contributed by atoms with van der Waals surface area (Å²) in [5.41, 5.74) is 0.435. The number of ketones is 1. The van der Waals surface area contributed by atoms with E-state index >= 15 is 0 Å². The van der Waals surface area contributed by atoms with Crippen LogP contribution in [-0.4, -0.2) is 15.9 Å². The summed E-state index contributed by atoms with van der Waals surface area (Å²) in [5, 5.41) is 4.31. The number of nitrogens with zero attached hydrogens (tertiary/aromatic N) is 2. The second kappa shape index (κ2) is 6.05. The van der Waals surface area contributed by atoms with E-state index in [0.29, 0.717) is 28.1 Å². The molecule has 0 radical (unpaired) electrons. The summed E-state index contributed by atoms with van der Waals surface area (Å²) in [7, 11) is 0. The zero-order chi connectivity index (χ0) is 14.7. The highest BCUT2D eigenvalue weighted by Gasteiger charge is 2.13. The Balaban J connectivity index is 2.12. The Kier molecular flexibility index (Phi) is 4.39. The van der Waals surface area contributed by atoms with Crippen LogP contribution in [0.3, 0.4) is 0 Å². The maximum absolute atomic E-state index is 11.5. The van der Waals surface area contributed by atoms with Gasteiger partial charge in [-0.1, -0.05) is 30.6 Å². The van der Waals surface area contributed by atoms with Crippen LogP contribution < -0.4 is 4.74 Å². The molecule has 1 aromatic carbocycles. The molecule has 1 heterocycles. The van der Waals surface area contributed by atoms with Crippen molar-refractivity contribution in [2.75, 3.05) is 0 Å². The molecule has 0 amide bonds. The van der Waals surface area contributed by atoms with Crippen molar-refractivity contribution < 1.29 is 14.1 Å². The van der Waals surface area contributed by atoms with Crippen LogP contribution in [0, 0.1) is 0 Å². The number of carbonyl (C=O) groups is 1. The van der Waals surface area contributed by atoms with Gasteiger partial charge in [0.1, 0.15) is 5.75 Å². The molecule has 0 bridgehead atoms. The Morgan fingerprint density at radius 2 is 2.20 bits per heavy atom. The fraction of sp³-hybridized carbons (Fsp3) is 0.357. The standard InChI is InChI=1S/C14H15ClN2O3/c1-8(2)14-16-13(17-20-14)7-19-12-5-4-10(15)6-11(12)9(3)18/h4-6,8H,7H2,1-3H3. The van der Waals surface area contributed by atoms with Gasteiger partial charge in [-0.15, -0.1) is 0 Å². The molecule has 106 valence electrons. The van der Waals surface area contributed by atoms with E-state index in [1.165, 1.54) is 6.92 Å². The molecule has 0 aliphatic carbocycles. The molecule has 2 aromatic rings. The van der Waals surface area contributed by atoms with E-state index in [1.54, 1.807) is 18.2 Å². The van der Waals surface area contributed by atoms with Crippen molar-refractivity contribution in [2.45, 2.75) is 33.3 Å². The van der Waals surface area contributed by atoms with Gasteiger partial charge in [-0.25, -0.2) is 0 Å². The van der Waals surface area contributed by atoms with E-state index < -0.39 is 0 Å². The molecule has 6 heteroatoms. The van der Waals surface area contributed by atoms with Gasteiger partial charge in [0.25, 0.3) is 0 Å². The average molecular weight is 295 g/mol. The number of ether oxygens (including phenoxy) is 1. The number of hydrogen-bond donors (Lipinski definition) is 0. The third kappa shape index (κ3) is 3.36. The van der Waals surface area contributed by atoms with E-state index in [2.05, 4.69) is 10.1 Å². The average Bonchev–Trinajstić information content (AvgIpc) is 2.86. The van der Waals surface area contributed by atoms with Crippen LogP contribution in [0.2, 0.25) is 5.02 Å². The summed E-state index contributed by atoms with van der Waals surface area (Å²) in [5.74, 6) is 1.51. The predicted molar refractivity (Wildman–Crippen MR) is 74.2 cm³/mol. The third-order valence-corrected chi connectivity index (χ3v) is 2.89. The van der Waals surface area contributed by atoms with Crippen molar-refractivity contribution in [3.8, 4) is 5.75 Å². The Labute approximate surface area is 121 Å². The van der Waals surface area contributed by atoms with Crippen molar-refractivity contribution in [1.29, 1.82) is 0 Å². The monoisotopic (exact) mass is 294 g/mol. The number of rotatable bonds is 5. The summed E-state index contributed by atoms with van der Waals surface area (Å²) in [6.07, 6.45) is 0. The molecule has 0 aliphatic heterocycles. The van der Waals surface area contributed by atoms with Gasteiger partial charge in [0.15, 0.2) is 12.4 Å². The Morgan fingerprint density at radius 1 is 1.45 bits per heavy atom. The fourth-order valence-corrected chi connectivity index (χ4v) is 1.78. The summed E-state index contributed by atoms with van der Waals surface area (Å²) in [6, 6.07) is 4.90. The highest BCUT2D eigenvalue weighted by Crippen LogP contribution is 2.24. The van der Waals surface area contributed by atoms with Gasteiger partial charge in [0, 0.05) is 10.9 Å². The minimum Gasteiger partial charge on any atom is -0.485 e. The summed E-state index contributed by atoms with van der Waals surface area (Å²) in [6.45, 7) is 5.53. The lowest BCUT2D eigenvalue weighted by Gasteiger charge is -2.08. The van der Waals surface area contributed by atoms with Gasteiger partial charge >= 0.3 is 0 Å². The van der Waals surface area contributed by atoms with Crippen molar-refractivity contribution in [3.63, 3.8) is 0 Å². The molecule has 0 spiro atoms. The zero-order valence-corrected chi connectivity index (χ0v) is 12.3. The largest absolute Gasteiger partial charge is 0.485 e. The van der Waals surface area contributed by atoms with Crippen LogP contribution in [0.4, 0.5) is 0 Å². The number of halogens is 1. The smallest absolute Gasteiger partial charge is 0.229 e. The van der Waals surface area contributed by atoms with Gasteiger partial charge in [0.2, 0.25) is 11.7 Å². The summed E-state index contributed by atoms with van der Waals surface area (Å²) >= 11 is 5.87. The van der Waals surface area contributed by atoms with Gasteiger partial charge < -0.3 is 9.26 Å². The van der Waals surface area contributed by atoms with Gasteiger partial charge in [0.05, 0.1) is 5.56 Å². The van der Waals surface area contributed by atoms with Crippen molar-refractivity contribution >= 4 is 17.4 Å². The first-order valence-electron chi connectivity index (χ1n) is 6.23. The lowest BCUT2D eigenvalue weighted by Crippen LogP contribution is -2.03. The fourth-order valence-electron chi connectivity index (χ4n) is 1.61. The normalized spacial score (nSPS) is 10.8. The summed E-state index contributed by atoms with van der Waals surface area (Å²) < 4.78 is 10.7. The van der Waals surface area contributed by atoms with E-state index in [-0.39, 0.29) is 18.3 Å². The maximum atomic E-state index is 11.5. The van der Waals surface area contributed by atoms with Gasteiger partial charge in [-0.3, -0.25) is 4.79 Å². The topological polar surface area (TPSA) is 65.2 Å². The van der Waals surface area contributed by atoms with E-state index in [1.807, 2.05) is 13.8 Å². The predicted octanol–water partition coefficient (Wildman–Crippen LogP) is 3.63. The molecule has 0 saturated heterocycles. The number of aromatic nitrogens is 2. The van der Waals surface area contributed by atoms with Crippen molar-refractivity contribution in [3.05, 3.63) is 40.5 Å².